The van der Waals surface area contributed by atoms with E-state index in [0.29, 0.717) is 33.7 Å². The number of hydrazine groups is 1. The van der Waals surface area contributed by atoms with Crippen molar-refractivity contribution in [3.63, 3.8) is 0 Å². The molecule has 0 spiro atoms. The zero-order valence-corrected chi connectivity index (χ0v) is 15.6. The number of nitrogens with one attached hydrogen (secondary N) is 2. The van der Waals surface area contributed by atoms with Gasteiger partial charge in [0.05, 0.1) is 17.3 Å². The summed E-state index contributed by atoms with van der Waals surface area (Å²) in [6.45, 7) is -0.347. The molecule has 0 aliphatic carbocycles. The molecule has 7 nitrogen and oxygen atoms in total. The molecule has 0 fully saturated rings. The van der Waals surface area contributed by atoms with E-state index in [2.05, 4.69) is 15.8 Å². The van der Waals surface area contributed by atoms with Crippen molar-refractivity contribution in [2.45, 2.75) is 0 Å². The lowest BCUT2D eigenvalue weighted by atomic mass is 10.1. The maximum absolute atomic E-state index is 12.9. The van der Waals surface area contributed by atoms with Crippen molar-refractivity contribution in [1.82, 2.24) is 15.8 Å². The molecule has 0 bridgehead atoms. The third-order valence-electron chi connectivity index (χ3n) is 4.23. The van der Waals surface area contributed by atoms with Crippen molar-refractivity contribution in [1.29, 1.82) is 0 Å². The Labute approximate surface area is 170 Å². The smallest absolute Gasteiger partial charge is 0.276 e. The molecular formula is C22H16FN3O4. The molecule has 2 aromatic carbocycles. The summed E-state index contributed by atoms with van der Waals surface area (Å²) in [6.07, 6.45) is 1.52. The number of benzene rings is 2. The van der Waals surface area contributed by atoms with E-state index >= 15 is 0 Å². The molecule has 2 aromatic heterocycles. The molecule has 30 heavy (non-hydrogen) atoms. The summed E-state index contributed by atoms with van der Waals surface area (Å²) in [5, 5.41) is 0.627. The van der Waals surface area contributed by atoms with E-state index < -0.39 is 17.6 Å². The Morgan fingerprint density at radius 2 is 1.80 bits per heavy atom. The van der Waals surface area contributed by atoms with Gasteiger partial charge in [-0.25, -0.2) is 9.37 Å². The first-order valence-corrected chi connectivity index (χ1v) is 9.01. The Morgan fingerprint density at radius 1 is 1.00 bits per heavy atom. The fraction of sp³-hybridized carbons (Fsp3) is 0.0455. The largest absolute Gasteiger partial charge is 0.484 e. The van der Waals surface area contributed by atoms with Gasteiger partial charge in [-0.1, -0.05) is 18.2 Å². The van der Waals surface area contributed by atoms with Crippen LogP contribution in [0.2, 0.25) is 0 Å². The molecule has 0 saturated heterocycles. The number of nitrogens with zero attached hydrogens (tertiary/aromatic N) is 1. The highest BCUT2D eigenvalue weighted by atomic mass is 19.1. The SMILES string of the molecule is O=C(COc1ccc(F)cc1)NNC(=O)c1cc(-c2ccco2)nc2ccccc12. The molecule has 2 heterocycles. The summed E-state index contributed by atoms with van der Waals surface area (Å²) in [7, 11) is 0. The summed E-state index contributed by atoms with van der Waals surface area (Å²) < 4.78 is 23.5. The van der Waals surface area contributed by atoms with Crippen molar-refractivity contribution in [3.8, 4) is 17.2 Å². The van der Waals surface area contributed by atoms with Gasteiger partial charge in [0.1, 0.15) is 17.3 Å². The summed E-state index contributed by atoms with van der Waals surface area (Å²) in [4.78, 5) is 29.2. The van der Waals surface area contributed by atoms with Crippen LogP contribution in [0.15, 0.2) is 77.4 Å². The lowest BCUT2D eigenvalue weighted by molar-refractivity contribution is -0.123. The van der Waals surface area contributed by atoms with Crippen LogP contribution in [0.1, 0.15) is 10.4 Å². The van der Waals surface area contributed by atoms with E-state index in [-0.39, 0.29) is 6.61 Å². The van der Waals surface area contributed by atoms with Crippen LogP contribution in [0.4, 0.5) is 4.39 Å². The van der Waals surface area contributed by atoms with Crippen LogP contribution in [-0.4, -0.2) is 23.4 Å². The summed E-state index contributed by atoms with van der Waals surface area (Å²) in [5.74, 6) is -0.640. The highest BCUT2D eigenvalue weighted by Crippen LogP contribution is 2.25. The van der Waals surface area contributed by atoms with Crippen molar-refractivity contribution in [2.75, 3.05) is 6.61 Å². The molecule has 4 aromatic rings. The summed E-state index contributed by atoms with van der Waals surface area (Å²) >= 11 is 0. The first kappa shape index (κ1) is 19.1. The molecule has 4 rings (SSSR count). The van der Waals surface area contributed by atoms with E-state index in [1.807, 2.05) is 6.07 Å². The number of ether oxygens (including phenoxy) is 1. The second-order valence-corrected chi connectivity index (χ2v) is 6.29. The van der Waals surface area contributed by atoms with Gasteiger partial charge in [0.25, 0.3) is 11.8 Å². The average Bonchev–Trinajstić information content (AvgIpc) is 3.31. The van der Waals surface area contributed by atoms with Crippen LogP contribution in [0.25, 0.3) is 22.4 Å². The lowest BCUT2D eigenvalue weighted by Crippen LogP contribution is -2.43. The molecule has 0 aliphatic rings. The van der Waals surface area contributed by atoms with Crippen molar-refractivity contribution >= 4 is 22.7 Å². The Kier molecular flexibility index (Phi) is 5.38. The van der Waals surface area contributed by atoms with Gasteiger partial charge >= 0.3 is 0 Å². The number of pyridine rings is 1. The molecule has 0 aliphatic heterocycles. The quantitative estimate of drug-likeness (QED) is 0.496. The van der Waals surface area contributed by atoms with Gasteiger partial charge in [0.2, 0.25) is 0 Å². The van der Waals surface area contributed by atoms with Crippen LogP contribution in [0.5, 0.6) is 5.75 Å². The Balaban J connectivity index is 1.46. The van der Waals surface area contributed by atoms with E-state index in [1.54, 1.807) is 36.4 Å². The number of para-hydroxylation sites is 1. The van der Waals surface area contributed by atoms with Gasteiger partial charge < -0.3 is 9.15 Å². The molecule has 150 valence electrons. The predicted molar refractivity (Wildman–Crippen MR) is 107 cm³/mol. The number of amides is 2. The summed E-state index contributed by atoms with van der Waals surface area (Å²) in [5.41, 5.74) is 6.11. The standard InChI is InChI=1S/C22H16FN3O4/c23-14-7-9-15(10-8-14)30-13-21(27)25-26-22(28)17-12-19(20-6-3-11-29-20)24-18-5-2-1-4-16(17)18/h1-12H,13H2,(H,25,27)(H,26,28). The number of fused-ring (bicyclic) bond motifs is 1. The number of carbonyl (C=O) groups is 2. The molecule has 8 heteroatoms. The zero-order valence-electron chi connectivity index (χ0n) is 15.6. The third-order valence-corrected chi connectivity index (χ3v) is 4.23. The van der Waals surface area contributed by atoms with E-state index in [9.17, 15) is 14.0 Å². The fourth-order valence-electron chi connectivity index (χ4n) is 2.82. The Bertz CT molecular complexity index is 1190. The number of aromatic nitrogens is 1. The van der Waals surface area contributed by atoms with Crippen LogP contribution in [0.3, 0.4) is 0 Å². The molecule has 2 amide bonds. The van der Waals surface area contributed by atoms with E-state index in [1.165, 1.54) is 30.5 Å². The van der Waals surface area contributed by atoms with Crippen molar-refractivity contribution in [3.05, 3.63) is 84.4 Å². The molecule has 0 radical (unpaired) electrons. The van der Waals surface area contributed by atoms with Crippen molar-refractivity contribution < 1.29 is 23.1 Å². The minimum absolute atomic E-state index is 0.326. The highest BCUT2D eigenvalue weighted by molar-refractivity contribution is 6.07. The molecule has 2 N–H and O–H groups in total. The first-order chi connectivity index (χ1) is 14.6. The van der Waals surface area contributed by atoms with Gasteiger partial charge in [-0.15, -0.1) is 0 Å². The second kappa shape index (κ2) is 8.44. The highest BCUT2D eigenvalue weighted by Gasteiger charge is 2.15. The third kappa shape index (κ3) is 4.27. The lowest BCUT2D eigenvalue weighted by Gasteiger charge is -2.11. The molecule has 0 unspecified atom stereocenters. The monoisotopic (exact) mass is 405 g/mol. The zero-order chi connectivity index (χ0) is 20.9. The van der Waals surface area contributed by atoms with Gasteiger partial charge in [-0.05, 0) is 48.5 Å². The second-order valence-electron chi connectivity index (χ2n) is 6.29. The Hall–Kier alpha value is -4.20. The van der Waals surface area contributed by atoms with Gasteiger partial charge in [-0.2, -0.15) is 0 Å². The number of carbonyl (C=O) groups excluding carboxylic acids is 2. The number of halogens is 1. The van der Waals surface area contributed by atoms with Gasteiger partial charge in [0, 0.05) is 5.39 Å². The predicted octanol–water partition coefficient (Wildman–Crippen LogP) is 3.47. The van der Waals surface area contributed by atoms with Crippen LogP contribution in [-0.2, 0) is 4.79 Å². The van der Waals surface area contributed by atoms with Crippen LogP contribution in [0, 0.1) is 5.82 Å². The number of hydrogen-bond acceptors (Lipinski definition) is 5. The molecule has 0 atom stereocenters. The number of hydrogen-bond donors (Lipinski definition) is 2. The Morgan fingerprint density at radius 3 is 2.57 bits per heavy atom. The minimum atomic E-state index is -0.572. The topological polar surface area (TPSA) is 93.5 Å². The normalized spacial score (nSPS) is 10.6. The van der Waals surface area contributed by atoms with Crippen LogP contribution >= 0.6 is 0 Å². The summed E-state index contributed by atoms with van der Waals surface area (Å²) in [6, 6.07) is 17.5. The number of rotatable bonds is 5. The minimum Gasteiger partial charge on any atom is -0.484 e. The fourth-order valence-corrected chi connectivity index (χ4v) is 2.82. The maximum atomic E-state index is 12.9. The van der Waals surface area contributed by atoms with Crippen molar-refractivity contribution in [2.24, 2.45) is 0 Å². The van der Waals surface area contributed by atoms with Crippen LogP contribution < -0.4 is 15.6 Å². The van der Waals surface area contributed by atoms with Gasteiger partial charge in [-0.3, -0.25) is 20.4 Å². The van der Waals surface area contributed by atoms with E-state index in [0.717, 1.165) is 0 Å². The van der Waals surface area contributed by atoms with E-state index in [4.69, 9.17) is 9.15 Å². The maximum Gasteiger partial charge on any atom is 0.276 e. The number of furan rings is 1. The van der Waals surface area contributed by atoms with Gasteiger partial charge in [0.15, 0.2) is 12.4 Å². The molecular weight excluding hydrogens is 389 g/mol. The average molecular weight is 405 g/mol. The molecule has 0 saturated carbocycles. The first-order valence-electron chi connectivity index (χ1n) is 9.01.